The number of amides is 1. The number of hydrogen-bond donors (Lipinski definition) is 2. The van der Waals surface area contributed by atoms with E-state index < -0.39 is 10.0 Å². The van der Waals surface area contributed by atoms with Crippen LogP contribution in [0.15, 0.2) is 47.4 Å². The van der Waals surface area contributed by atoms with E-state index in [1.54, 1.807) is 25.1 Å². The number of benzene rings is 2. The molecule has 6 nitrogen and oxygen atoms in total. The van der Waals surface area contributed by atoms with Gasteiger partial charge in [-0.25, -0.2) is 8.42 Å². The molecule has 0 radical (unpaired) electrons. The number of hydrogen-bond acceptors (Lipinski definition) is 4. The Kier molecular flexibility index (Phi) is 6.05. The number of carbonyl (C=O) groups is 1. The lowest BCUT2D eigenvalue weighted by Gasteiger charge is -2.20. The van der Waals surface area contributed by atoms with Crippen LogP contribution in [-0.4, -0.2) is 33.1 Å². The fraction of sp³-hybridized carbons (Fsp3) is 0.381. The van der Waals surface area contributed by atoms with E-state index in [1.165, 1.54) is 12.1 Å². The number of nitrogens with one attached hydrogen (secondary N) is 2. The van der Waals surface area contributed by atoms with E-state index in [0.29, 0.717) is 23.4 Å². The summed E-state index contributed by atoms with van der Waals surface area (Å²) >= 11 is 0. The minimum atomic E-state index is -3.80. The Labute approximate surface area is 166 Å². The Bertz CT molecular complexity index is 949. The second-order valence-electron chi connectivity index (χ2n) is 7.26. The van der Waals surface area contributed by atoms with Crippen LogP contribution in [0, 0.1) is 13.8 Å². The topological polar surface area (TPSA) is 84.5 Å². The van der Waals surface area contributed by atoms with Gasteiger partial charge in [0.2, 0.25) is 0 Å². The molecule has 28 heavy (non-hydrogen) atoms. The second-order valence-corrected chi connectivity index (χ2v) is 8.94. The number of sulfonamides is 1. The number of ether oxygens (including phenoxy) is 1. The molecule has 0 unspecified atom stereocenters. The summed E-state index contributed by atoms with van der Waals surface area (Å²) in [5, 5.41) is 2.93. The molecule has 1 saturated heterocycles. The number of carbonyl (C=O) groups excluding carboxylic acids is 1. The van der Waals surface area contributed by atoms with Crippen molar-refractivity contribution in [1.29, 1.82) is 0 Å². The molecule has 150 valence electrons. The molecule has 0 bridgehead atoms. The van der Waals surface area contributed by atoms with Crippen LogP contribution in [0.3, 0.4) is 0 Å². The molecule has 7 heteroatoms. The lowest BCUT2D eigenvalue weighted by Crippen LogP contribution is -2.41. The summed E-state index contributed by atoms with van der Waals surface area (Å²) in [5.74, 6) is -0.298. The molecule has 3 rings (SSSR count). The highest BCUT2D eigenvalue weighted by Gasteiger charge is 2.25. The summed E-state index contributed by atoms with van der Waals surface area (Å²) in [6, 6.07) is 11.5. The Morgan fingerprint density at radius 2 is 1.86 bits per heavy atom. The third-order valence-corrected chi connectivity index (χ3v) is 6.33. The van der Waals surface area contributed by atoms with Gasteiger partial charge in [0.15, 0.2) is 0 Å². The van der Waals surface area contributed by atoms with Crippen molar-refractivity contribution in [2.45, 2.75) is 50.7 Å². The van der Waals surface area contributed by atoms with Crippen molar-refractivity contribution >= 4 is 21.6 Å². The molecule has 2 N–H and O–H groups in total. The van der Waals surface area contributed by atoms with Crippen LogP contribution in [0.1, 0.15) is 41.3 Å². The lowest BCUT2D eigenvalue weighted by molar-refractivity contribution is 0.0712. The molecule has 0 aliphatic carbocycles. The molecular weight excluding hydrogens is 376 g/mol. The van der Waals surface area contributed by atoms with Gasteiger partial charge >= 0.3 is 0 Å². The maximum atomic E-state index is 12.7. The second kappa shape index (κ2) is 8.32. The van der Waals surface area contributed by atoms with Crippen molar-refractivity contribution in [3.8, 4) is 0 Å². The fourth-order valence-corrected chi connectivity index (χ4v) is 4.31. The van der Waals surface area contributed by atoms with Gasteiger partial charge in [0, 0.05) is 17.9 Å². The van der Waals surface area contributed by atoms with Crippen LogP contribution in [0.25, 0.3) is 0 Å². The van der Waals surface area contributed by atoms with Crippen molar-refractivity contribution in [1.82, 2.24) is 5.32 Å². The molecule has 0 aromatic heterocycles. The molecule has 2 atom stereocenters. The molecule has 2 aromatic rings. The standard InChI is InChI=1S/C21H26N2O4S/c1-14-6-9-17(10-7-14)23-28(25,26)18-11-8-15(2)19(13-18)21(24)22-16(3)20-5-4-12-27-20/h6-11,13,16,20,23H,4-5,12H2,1-3H3,(H,22,24)/t16-,20+/m1/s1. The molecule has 0 spiro atoms. The first-order valence-electron chi connectivity index (χ1n) is 9.39. The van der Waals surface area contributed by atoms with Gasteiger partial charge in [0.25, 0.3) is 15.9 Å². The average Bonchev–Trinajstić information content (AvgIpc) is 3.18. The summed E-state index contributed by atoms with van der Waals surface area (Å²) in [6.07, 6.45) is 1.90. The molecule has 1 aliphatic heterocycles. The Hall–Kier alpha value is -2.38. The van der Waals surface area contributed by atoms with Crippen molar-refractivity contribution in [3.63, 3.8) is 0 Å². The van der Waals surface area contributed by atoms with Crippen molar-refractivity contribution < 1.29 is 17.9 Å². The number of aryl methyl sites for hydroxylation is 2. The molecule has 1 heterocycles. The van der Waals surface area contributed by atoms with Crippen LogP contribution in [0.5, 0.6) is 0 Å². The third-order valence-electron chi connectivity index (χ3n) is 4.95. The Morgan fingerprint density at radius 3 is 2.50 bits per heavy atom. The summed E-state index contributed by atoms with van der Waals surface area (Å²) in [7, 11) is -3.80. The molecule has 2 aromatic carbocycles. The Morgan fingerprint density at radius 1 is 1.14 bits per heavy atom. The summed E-state index contributed by atoms with van der Waals surface area (Å²) in [6.45, 7) is 6.33. The fourth-order valence-electron chi connectivity index (χ4n) is 3.22. The van der Waals surface area contributed by atoms with Crippen LogP contribution < -0.4 is 10.0 Å². The normalized spacial score (nSPS) is 17.9. The van der Waals surface area contributed by atoms with Crippen LogP contribution in [-0.2, 0) is 14.8 Å². The highest BCUT2D eigenvalue weighted by atomic mass is 32.2. The highest BCUT2D eigenvalue weighted by molar-refractivity contribution is 7.92. The maximum Gasteiger partial charge on any atom is 0.261 e. The van der Waals surface area contributed by atoms with E-state index in [4.69, 9.17) is 4.74 Å². The SMILES string of the molecule is Cc1ccc(NS(=O)(=O)c2ccc(C)c(C(=O)N[C@H](C)[C@@H]3CCCO3)c2)cc1. The molecular formula is C21H26N2O4S. The summed E-state index contributed by atoms with van der Waals surface area (Å²) in [5.41, 5.74) is 2.57. The van der Waals surface area contributed by atoms with Gasteiger partial charge in [0.1, 0.15) is 0 Å². The van der Waals surface area contributed by atoms with Crippen LogP contribution >= 0.6 is 0 Å². The van der Waals surface area contributed by atoms with Gasteiger partial charge in [-0.1, -0.05) is 23.8 Å². The predicted molar refractivity (Wildman–Crippen MR) is 109 cm³/mol. The quantitative estimate of drug-likeness (QED) is 0.776. The van der Waals surface area contributed by atoms with Gasteiger partial charge < -0.3 is 10.1 Å². The Balaban J connectivity index is 1.79. The van der Waals surface area contributed by atoms with Crippen LogP contribution in [0.4, 0.5) is 5.69 Å². The van der Waals surface area contributed by atoms with Gasteiger partial charge in [-0.05, 0) is 63.4 Å². The first-order chi connectivity index (χ1) is 13.3. The number of anilines is 1. The van der Waals surface area contributed by atoms with E-state index in [9.17, 15) is 13.2 Å². The van der Waals surface area contributed by atoms with E-state index in [-0.39, 0.29) is 22.9 Å². The number of rotatable bonds is 6. The summed E-state index contributed by atoms with van der Waals surface area (Å²) in [4.78, 5) is 12.8. The molecule has 1 fully saturated rings. The minimum absolute atomic E-state index is 0.000578. The van der Waals surface area contributed by atoms with E-state index >= 15 is 0 Å². The zero-order chi connectivity index (χ0) is 20.3. The predicted octanol–water partition coefficient (Wildman–Crippen LogP) is 3.40. The zero-order valence-electron chi connectivity index (χ0n) is 16.4. The van der Waals surface area contributed by atoms with E-state index in [1.807, 2.05) is 26.0 Å². The van der Waals surface area contributed by atoms with Crippen LogP contribution in [0.2, 0.25) is 0 Å². The zero-order valence-corrected chi connectivity index (χ0v) is 17.2. The first kappa shape index (κ1) is 20.4. The largest absolute Gasteiger partial charge is 0.376 e. The van der Waals surface area contributed by atoms with Crippen molar-refractivity contribution in [2.24, 2.45) is 0 Å². The van der Waals surface area contributed by atoms with E-state index in [0.717, 1.165) is 18.4 Å². The maximum absolute atomic E-state index is 12.7. The average molecular weight is 403 g/mol. The van der Waals surface area contributed by atoms with Crippen molar-refractivity contribution in [3.05, 3.63) is 59.2 Å². The molecule has 1 amide bonds. The molecule has 0 saturated carbocycles. The first-order valence-corrected chi connectivity index (χ1v) is 10.9. The van der Waals surface area contributed by atoms with Gasteiger partial charge in [-0.15, -0.1) is 0 Å². The smallest absolute Gasteiger partial charge is 0.261 e. The van der Waals surface area contributed by atoms with Gasteiger partial charge in [-0.2, -0.15) is 0 Å². The van der Waals surface area contributed by atoms with E-state index in [2.05, 4.69) is 10.0 Å². The highest BCUT2D eigenvalue weighted by Crippen LogP contribution is 2.21. The monoisotopic (exact) mass is 402 g/mol. The van der Waals surface area contributed by atoms with Gasteiger partial charge in [-0.3, -0.25) is 9.52 Å². The molecule has 1 aliphatic rings. The third kappa shape index (κ3) is 4.72. The lowest BCUT2D eigenvalue weighted by atomic mass is 10.1. The summed E-state index contributed by atoms with van der Waals surface area (Å²) < 4.78 is 33.6. The van der Waals surface area contributed by atoms with Gasteiger partial charge in [0.05, 0.1) is 17.0 Å². The minimum Gasteiger partial charge on any atom is -0.376 e. The van der Waals surface area contributed by atoms with Crippen molar-refractivity contribution in [2.75, 3.05) is 11.3 Å².